The van der Waals surface area contributed by atoms with Crippen LogP contribution in [0.4, 0.5) is 9.18 Å². The Hall–Kier alpha value is -3.29. The number of fused-ring (bicyclic) bond motifs is 1. The van der Waals surface area contributed by atoms with Gasteiger partial charge in [0.05, 0.1) is 18.0 Å². The largest absolute Gasteiger partial charge is 0.444 e. The molecule has 0 aliphatic heterocycles. The molecule has 1 aromatic carbocycles. The highest BCUT2D eigenvalue weighted by Crippen LogP contribution is 2.16. The number of hydrogen-bond donors (Lipinski definition) is 2. The third-order valence-electron chi connectivity index (χ3n) is 3.88. The first kappa shape index (κ1) is 19.5. The number of aromatic nitrogens is 3. The smallest absolute Gasteiger partial charge is 0.407 e. The first-order valence-electron chi connectivity index (χ1n) is 8.83. The molecule has 146 valence electrons. The highest BCUT2D eigenvalue weighted by atomic mass is 19.1. The van der Waals surface area contributed by atoms with E-state index >= 15 is 0 Å². The van der Waals surface area contributed by atoms with Crippen molar-refractivity contribution >= 4 is 17.5 Å². The van der Waals surface area contributed by atoms with E-state index in [0.717, 1.165) is 0 Å². The van der Waals surface area contributed by atoms with Crippen molar-refractivity contribution in [2.75, 3.05) is 6.54 Å². The Morgan fingerprint density at radius 2 is 2.07 bits per heavy atom. The van der Waals surface area contributed by atoms with Gasteiger partial charge >= 0.3 is 6.09 Å². The molecule has 28 heavy (non-hydrogen) atoms. The van der Waals surface area contributed by atoms with Gasteiger partial charge < -0.3 is 19.9 Å². The normalized spacial score (nSPS) is 11.4. The summed E-state index contributed by atoms with van der Waals surface area (Å²) in [5.41, 5.74) is 1.50. The van der Waals surface area contributed by atoms with Gasteiger partial charge in [-0.15, -0.1) is 0 Å². The van der Waals surface area contributed by atoms with E-state index in [2.05, 4.69) is 15.3 Å². The van der Waals surface area contributed by atoms with E-state index in [1.807, 2.05) is 0 Å². The Kier molecular flexibility index (Phi) is 5.39. The molecule has 7 nitrogen and oxygen atoms in total. The molecule has 0 unspecified atom stereocenters. The van der Waals surface area contributed by atoms with Gasteiger partial charge in [-0.2, -0.15) is 0 Å². The molecule has 0 saturated heterocycles. The summed E-state index contributed by atoms with van der Waals surface area (Å²) < 4.78 is 21.0. The molecule has 0 saturated carbocycles. The van der Waals surface area contributed by atoms with Crippen LogP contribution in [0.3, 0.4) is 0 Å². The topological polar surface area (TPSA) is 92.4 Å². The average molecular weight is 383 g/mol. The maximum Gasteiger partial charge on any atom is 0.407 e. The number of nitrogens with zero attached hydrogens (tertiary/aromatic N) is 3. The first-order valence-corrected chi connectivity index (χ1v) is 8.83. The lowest BCUT2D eigenvalue weighted by atomic mass is 10.1. The molecule has 3 aromatic rings. The Morgan fingerprint density at radius 3 is 2.79 bits per heavy atom. The molecule has 2 heterocycles. The van der Waals surface area contributed by atoms with Crippen molar-refractivity contribution in [1.29, 1.82) is 5.41 Å². The van der Waals surface area contributed by atoms with Crippen LogP contribution in [-0.4, -0.2) is 38.3 Å². The number of carbonyl (C=O) groups excluding carboxylic acids is 1. The van der Waals surface area contributed by atoms with Crippen LogP contribution < -0.4 is 5.32 Å². The highest BCUT2D eigenvalue weighted by Gasteiger charge is 2.17. The third-order valence-corrected chi connectivity index (χ3v) is 3.88. The molecule has 0 spiro atoms. The van der Waals surface area contributed by atoms with Crippen LogP contribution in [0.2, 0.25) is 0 Å². The fourth-order valence-corrected chi connectivity index (χ4v) is 2.65. The number of halogens is 1. The molecule has 2 aromatic heterocycles. The summed E-state index contributed by atoms with van der Waals surface area (Å²) in [5, 5.41) is 10.8. The van der Waals surface area contributed by atoms with Crippen molar-refractivity contribution in [3.05, 3.63) is 65.6 Å². The number of imidazole rings is 1. The van der Waals surface area contributed by atoms with Gasteiger partial charge in [0, 0.05) is 25.0 Å². The van der Waals surface area contributed by atoms with Crippen molar-refractivity contribution in [3.63, 3.8) is 0 Å². The highest BCUT2D eigenvalue weighted by molar-refractivity contribution is 5.99. The summed E-state index contributed by atoms with van der Waals surface area (Å²) in [6, 6.07) is 6.48. The predicted octanol–water partition coefficient (Wildman–Crippen LogP) is 3.35. The second-order valence-electron chi connectivity index (χ2n) is 7.33. The van der Waals surface area contributed by atoms with Gasteiger partial charge in [-0.3, -0.25) is 0 Å². The molecule has 0 fully saturated rings. The molecule has 0 radical (unpaired) electrons. The zero-order valence-corrected chi connectivity index (χ0v) is 16.0. The van der Waals surface area contributed by atoms with Crippen LogP contribution in [0.1, 0.15) is 37.7 Å². The fourth-order valence-electron chi connectivity index (χ4n) is 2.65. The SMILES string of the molecule is CC(C)(C)OC(=O)NCC(=N)c1cn2ccnc2c(Cc2ccccc2F)n1. The van der Waals surface area contributed by atoms with Gasteiger partial charge in [0.25, 0.3) is 0 Å². The van der Waals surface area contributed by atoms with Crippen molar-refractivity contribution in [3.8, 4) is 0 Å². The van der Waals surface area contributed by atoms with Crippen LogP contribution in [-0.2, 0) is 11.2 Å². The Bertz CT molecular complexity index is 1020. The van der Waals surface area contributed by atoms with Gasteiger partial charge in [0.2, 0.25) is 0 Å². The first-order chi connectivity index (χ1) is 13.2. The molecular weight excluding hydrogens is 361 g/mol. The lowest BCUT2D eigenvalue weighted by Gasteiger charge is -2.19. The number of amides is 1. The standard InChI is InChI=1S/C20H22FN5O2/c1-20(2,3)28-19(27)24-11-15(22)17-12-26-9-8-23-18(26)16(25-17)10-13-6-4-5-7-14(13)21/h4-9,12,22H,10-11H2,1-3H3,(H,24,27). The van der Waals surface area contributed by atoms with Gasteiger partial charge in [-0.1, -0.05) is 18.2 Å². The Morgan fingerprint density at radius 1 is 1.32 bits per heavy atom. The van der Waals surface area contributed by atoms with Crippen LogP contribution in [0.25, 0.3) is 5.65 Å². The number of carbonyl (C=O) groups is 1. The van der Waals surface area contributed by atoms with E-state index in [-0.39, 0.29) is 24.5 Å². The number of nitrogens with one attached hydrogen (secondary N) is 2. The second-order valence-corrected chi connectivity index (χ2v) is 7.33. The Balaban J connectivity index is 1.81. The van der Waals surface area contributed by atoms with Crippen molar-refractivity contribution in [1.82, 2.24) is 19.7 Å². The van der Waals surface area contributed by atoms with Crippen LogP contribution in [0.5, 0.6) is 0 Å². The van der Waals surface area contributed by atoms with Gasteiger partial charge in [0.15, 0.2) is 5.65 Å². The monoisotopic (exact) mass is 383 g/mol. The summed E-state index contributed by atoms with van der Waals surface area (Å²) in [6.45, 7) is 5.26. The van der Waals surface area contributed by atoms with Crippen LogP contribution in [0.15, 0.2) is 42.9 Å². The van der Waals surface area contributed by atoms with E-state index in [1.165, 1.54) is 6.07 Å². The van der Waals surface area contributed by atoms with Gasteiger partial charge in [-0.05, 0) is 32.4 Å². The Labute approximate surface area is 162 Å². The maximum absolute atomic E-state index is 14.0. The summed E-state index contributed by atoms with van der Waals surface area (Å²) in [4.78, 5) is 20.6. The lowest BCUT2D eigenvalue weighted by Crippen LogP contribution is -2.35. The quantitative estimate of drug-likeness (QED) is 0.661. The third kappa shape index (κ3) is 4.70. The minimum absolute atomic E-state index is 0.0404. The van der Waals surface area contributed by atoms with E-state index in [1.54, 1.807) is 62.0 Å². The molecule has 0 bridgehead atoms. The molecule has 2 N–H and O–H groups in total. The minimum Gasteiger partial charge on any atom is -0.444 e. The van der Waals surface area contributed by atoms with Gasteiger partial charge in [0.1, 0.15) is 17.1 Å². The fraction of sp³-hybridized carbons (Fsp3) is 0.300. The number of benzene rings is 1. The zero-order chi connectivity index (χ0) is 20.3. The summed E-state index contributed by atoms with van der Waals surface area (Å²) in [5.74, 6) is -0.318. The zero-order valence-electron chi connectivity index (χ0n) is 16.0. The summed E-state index contributed by atoms with van der Waals surface area (Å²) in [7, 11) is 0. The molecule has 1 amide bonds. The van der Waals surface area contributed by atoms with E-state index < -0.39 is 11.7 Å². The second kappa shape index (κ2) is 7.75. The molecule has 0 atom stereocenters. The lowest BCUT2D eigenvalue weighted by molar-refractivity contribution is 0.0536. The number of alkyl carbamates (subject to hydrolysis) is 1. The van der Waals surface area contributed by atoms with Crippen molar-refractivity contribution in [2.45, 2.75) is 32.8 Å². The summed E-state index contributed by atoms with van der Waals surface area (Å²) in [6.07, 6.45) is 4.65. The van der Waals surface area contributed by atoms with Crippen molar-refractivity contribution in [2.24, 2.45) is 0 Å². The molecule has 3 rings (SSSR count). The average Bonchev–Trinajstić information content (AvgIpc) is 3.09. The number of rotatable bonds is 5. The minimum atomic E-state index is -0.618. The maximum atomic E-state index is 14.0. The molecular formula is C20H22FN5O2. The summed E-state index contributed by atoms with van der Waals surface area (Å²) >= 11 is 0. The van der Waals surface area contributed by atoms with E-state index in [4.69, 9.17) is 10.1 Å². The number of ether oxygens (including phenoxy) is 1. The van der Waals surface area contributed by atoms with Crippen molar-refractivity contribution < 1.29 is 13.9 Å². The molecule has 8 heteroatoms. The molecule has 0 aliphatic rings. The predicted molar refractivity (Wildman–Crippen MR) is 103 cm³/mol. The molecule has 0 aliphatic carbocycles. The van der Waals surface area contributed by atoms with Crippen LogP contribution >= 0.6 is 0 Å². The van der Waals surface area contributed by atoms with E-state index in [9.17, 15) is 9.18 Å². The van der Waals surface area contributed by atoms with E-state index in [0.29, 0.717) is 22.6 Å². The van der Waals surface area contributed by atoms with Crippen LogP contribution in [0, 0.1) is 11.2 Å². The van der Waals surface area contributed by atoms with Gasteiger partial charge in [-0.25, -0.2) is 19.2 Å². The number of hydrogen-bond acceptors (Lipinski definition) is 5.